The number of carbonyl (C=O) groups excluding carboxylic acids is 1. The monoisotopic (exact) mass is 220 g/mol. The Kier molecular flexibility index (Phi) is 3.23. The molecule has 2 fully saturated rings. The van der Waals surface area contributed by atoms with Gasteiger partial charge >= 0.3 is 0 Å². The molecule has 0 aromatic heterocycles. The van der Waals surface area contributed by atoms with Gasteiger partial charge in [-0.1, -0.05) is 26.0 Å². The summed E-state index contributed by atoms with van der Waals surface area (Å²) >= 11 is 0. The lowest BCUT2D eigenvalue weighted by molar-refractivity contribution is -0.108. The molecule has 0 N–H and O–H groups in total. The standard InChI is InChI=1S/C15H24O/c1-11-4-5-12(8-9-16)6-7-14-13(11)10-15(14,2)3/h9,12-14H,1,4-8,10H2,2-3H3. The third-order valence-corrected chi connectivity index (χ3v) is 4.95. The van der Waals surface area contributed by atoms with Crippen LogP contribution in [-0.4, -0.2) is 6.29 Å². The van der Waals surface area contributed by atoms with Crippen LogP contribution in [0.25, 0.3) is 0 Å². The quantitative estimate of drug-likeness (QED) is 0.508. The van der Waals surface area contributed by atoms with Crippen LogP contribution in [0.3, 0.4) is 0 Å². The Labute approximate surface area is 99.3 Å². The molecule has 0 spiro atoms. The van der Waals surface area contributed by atoms with Crippen LogP contribution in [-0.2, 0) is 4.79 Å². The Balaban J connectivity index is 2.01. The van der Waals surface area contributed by atoms with Gasteiger partial charge in [0.15, 0.2) is 0 Å². The van der Waals surface area contributed by atoms with Crippen molar-refractivity contribution in [2.24, 2.45) is 23.2 Å². The molecule has 2 aliphatic rings. The van der Waals surface area contributed by atoms with Crippen LogP contribution in [0.2, 0.25) is 0 Å². The summed E-state index contributed by atoms with van der Waals surface area (Å²) in [5.41, 5.74) is 1.97. The molecule has 0 saturated heterocycles. The van der Waals surface area contributed by atoms with Crippen molar-refractivity contribution in [1.82, 2.24) is 0 Å². The lowest BCUT2D eigenvalue weighted by Gasteiger charge is -2.54. The zero-order valence-electron chi connectivity index (χ0n) is 10.7. The predicted octanol–water partition coefficient (Wildman–Crippen LogP) is 3.98. The van der Waals surface area contributed by atoms with Crippen LogP contribution in [0.1, 0.15) is 52.4 Å². The second-order valence-corrected chi connectivity index (χ2v) is 6.45. The highest BCUT2D eigenvalue weighted by atomic mass is 16.1. The molecule has 0 radical (unpaired) electrons. The van der Waals surface area contributed by atoms with E-state index in [4.69, 9.17) is 0 Å². The van der Waals surface area contributed by atoms with E-state index >= 15 is 0 Å². The summed E-state index contributed by atoms with van der Waals surface area (Å²) in [7, 11) is 0. The third kappa shape index (κ3) is 2.09. The molecule has 3 atom stereocenters. The second kappa shape index (κ2) is 4.35. The molecule has 0 aliphatic heterocycles. The van der Waals surface area contributed by atoms with Crippen LogP contribution in [0, 0.1) is 23.2 Å². The van der Waals surface area contributed by atoms with Gasteiger partial charge in [0.1, 0.15) is 6.29 Å². The maximum Gasteiger partial charge on any atom is 0.120 e. The lowest BCUT2D eigenvalue weighted by Crippen LogP contribution is -2.45. The first kappa shape index (κ1) is 11.9. The van der Waals surface area contributed by atoms with Crippen molar-refractivity contribution in [3.05, 3.63) is 12.2 Å². The van der Waals surface area contributed by atoms with E-state index in [1.807, 2.05) is 0 Å². The number of hydrogen-bond acceptors (Lipinski definition) is 1. The van der Waals surface area contributed by atoms with Crippen molar-refractivity contribution in [3.8, 4) is 0 Å². The van der Waals surface area contributed by atoms with Gasteiger partial charge < -0.3 is 4.79 Å². The molecule has 2 aliphatic carbocycles. The minimum absolute atomic E-state index is 0.511. The normalized spacial score (nSPS) is 37.9. The summed E-state index contributed by atoms with van der Waals surface area (Å²) in [6.45, 7) is 9.04. The van der Waals surface area contributed by atoms with Gasteiger partial charge in [-0.2, -0.15) is 0 Å². The van der Waals surface area contributed by atoms with Crippen molar-refractivity contribution in [1.29, 1.82) is 0 Å². The smallest absolute Gasteiger partial charge is 0.120 e. The van der Waals surface area contributed by atoms with E-state index in [9.17, 15) is 4.79 Å². The van der Waals surface area contributed by atoms with Gasteiger partial charge in [-0.15, -0.1) is 0 Å². The molecule has 0 heterocycles. The molecule has 0 amide bonds. The van der Waals surface area contributed by atoms with Gasteiger partial charge in [-0.3, -0.25) is 0 Å². The van der Waals surface area contributed by atoms with E-state index in [0.29, 0.717) is 11.3 Å². The molecule has 2 rings (SSSR count). The number of hydrogen-bond donors (Lipinski definition) is 0. The fourth-order valence-corrected chi connectivity index (χ4v) is 3.77. The number of allylic oxidation sites excluding steroid dienone is 1. The van der Waals surface area contributed by atoms with Gasteiger partial charge in [0, 0.05) is 6.42 Å². The van der Waals surface area contributed by atoms with Crippen molar-refractivity contribution in [2.45, 2.75) is 52.4 Å². The average molecular weight is 220 g/mol. The Morgan fingerprint density at radius 1 is 1.38 bits per heavy atom. The van der Waals surface area contributed by atoms with Crippen LogP contribution in [0.4, 0.5) is 0 Å². The fourth-order valence-electron chi connectivity index (χ4n) is 3.77. The largest absolute Gasteiger partial charge is 0.303 e. The average Bonchev–Trinajstić information content (AvgIpc) is 2.20. The van der Waals surface area contributed by atoms with Gasteiger partial charge in [-0.05, 0) is 55.3 Å². The Bertz CT molecular complexity index is 290. The molecular weight excluding hydrogens is 196 g/mol. The van der Waals surface area contributed by atoms with Crippen molar-refractivity contribution >= 4 is 6.29 Å². The number of rotatable bonds is 2. The minimum atomic E-state index is 0.511. The van der Waals surface area contributed by atoms with E-state index in [1.165, 1.54) is 31.3 Å². The highest BCUT2D eigenvalue weighted by molar-refractivity contribution is 5.49. The number of aldehydes is 1. The van der Waals surface area contributed by atoms with Gasteiger partial charge in [0.25, 0.3) is 0 Å². The van der Waals surface area contributed by atoms with Crippen molar-refractivity contribution in [3.63, 3.8) is 0 Å². The Morgan fingerprint density at radius 3 is 2.75 bits per heavy atom. The summed E-state index contributed by atoms with van der Waals surface area (Å²) < 4.78 is 0. The van der Waals surface area contributed by atoms with Crippen LogP contribution >= 0.6 is 0 Å². The van der Waals surface area contributed by atoms with Crippen LogP contribution in [0.5, 0.6) is 0 Å². The first-order valence-electron chi connectivity index (χ1n) is 6.66. The van der Waals surface area contributed by atoms with Gasteiger partial charge in [0.2, 0.25) is 0 Å². The number of fused-ring (bicyclic) bond motifs is 1. The Hall–Kier alpha value is -0.590. The fraction of sp³-hybridized carbons (Fsp3) is 0.800. The topological polar surface area (TPSA) is 17.1 Å². The van der Waals surface area contributed by atoms with E-state index in [2.05, 4.69) is 20.4 Å². The molecule has 16 heavy (non-hydrogen) atoms. The van der Waals surface area contributed by atoms with E-state index < -0.39 is 0 Å². The van der Waals surface area contributed by atoms with E-state index in [0.717, 1.165) is 31.0 Å². The highest BCUT2D eigenvalue weighted by Crippen LogP contribution is 2.57. The summed E-state index contributed by atoms with van der Waals surface area (Å²) in [6, 6.07) is 0. The van der Waals surface area contributed by atoms with Crippen molar-refractivity contribution in [2.75, 3.05) is 0 Å². The van der Waals surface area contributed by atoms with E-state index in [-0.39, 0.29) is 0 Å². The number of carbonyl (C=O) groups is 1. The molecule has 1 heteroatoms. The lowest BCUT2D eigenvalue weighted by atomic mass is 9.51. The van der Waals surface area contributed by atoms with Crippen molar-refractivity contribution < 1.29 is 4.79 Å². The highest BCUT2D eigenvalue weighted by Gasteiger charge is 2.48. The van der Waals surface area contributed by atoms with E-state index in [1.54, 1.807) is 0 Å². The molecule has 2 saturated carbocycles. The Morgan fingerprint density at radius 2 is 2.12 bits per heavy atom. The van der Waals surface area contributed by atoms with Crippen LogP contribution in [0.15, 0.2) is 12.2 Å². The summed E-state index contributed by atoms with van der Waals surface area (Å²) in [5.74, 6) is 2.23. The maximum absolute atomic E-state index is 10.6. The molecule has 0 aromatic carbocycles. The zero-order chi connectivity index (χ0) is 11.8. The second-order valence-electron chi connectivity index (χ2n) is 6.45. The maximum atomic E-state index is 10.6. The van der Waals surface area contributed by atoms with Gasteiger partial charge in [-0.25, -0.2) is 0 Å². The van der Waals surface area contributed by atoms with Gasteiger partial charge in [0.05, 0.1) is 0 Å². The summed E-state index contributed by atoms with van der Waals surface area (Å²) in [6.07, 6.45) is 8.06. The minimum Gasteiger partial charge on any atom is -0.303 e. The molecule has 3 unspecified atom stereocenters. The van der Waals surface area contributed by atoms with Crippen LogP contribution < -0.4 is 0 Å². The summed E-state index contributed by atoms with van der Waals surface area (Å²) in [4.78, 5) is 10.6. The zero-order valence-corrected chi connectivity index (χ0v) is 10.7. The molecular formula is C15H24O. The predicted molar refractivity (Wildman–Crippen MR) is 67.2 cm³/mol. The SMILES string of the molecule is C=C1CCC(CC=O)CCC2C1CC2(C)C. The molecule has 0 aromatic rings. The molecule has 0 bridgehead atoms. The first-order valence-corrected chi connectivity index (χ1v) is 6.66. The molecule has 1 nitrogen and oxygen atoms in total. The summed E-state index contributed by atoms with van der Waals surface area (Å²) in [5, 5.41) is 0. The molecule has 90 valence electrons. The third-order valence-electron chi connectivity index (χ3n) is 4.95. The first-order chi connectivity index (χ1) is 7.54.